The Morgan fingerprint density at radius 1 is 0.905 bits per heavy atom. The first-order valence-electron chi connectivity index (χ1n) is 7.16. The third-order valence-electron chi connectivity index (χ3n) is 3.63. The molecule has 0 aromatic carbocycles. The largest absolute Gasteiger partial charge is 0.389 e. The van der Waals surface area contributed by atoms with Gasteiger partial charge in [0.25, 0.3) is 0 Å². The van der Waals surface area contributed by atoms with Gasteiger partial charge in [0.05, 0.1) is 12.2 Å². The lowest BCUT2D eigenvalue weighted by Gasteiger charge is -2.39. The Bertz CT molecular complexity index is 290. The van der Waals surface area contributed by atoms with Gasteiger partial charge >= 0.3 is 0 Å². The molecule has 0 saturated carbocycles. The van der Waals surface area contributed by atoms with E-state index in [4.69, 9.17) is 14.2 Å². The van der Waals surface area contributed by atoms with Crippen molar-refractivity contribution in [3.8, 4) is 0 Å². The summed E-state index contributed by atoms with van der Waals surface area (Å²) in [7, 11) is 3.10. The number of hydrogen-bond donors (Lipinski definition) is 2. The van der Waals surface area contributed by atoms with Crippen molar-refractivity contribution in [1.82, 2.24) is 0 Å². The number of ether oxygens (including phenoxy) is 3. The Morgan fingerprint density at radius 3 is 1.48 bits per heavy atom. The zero-order chi connectivity index (χ0) is 16.5. The van der Waals surface area contributed by atoms with E-state index in [1.807, 2.05) is 0 Å². The standard InChI is InChI=1S/C16H30O5/c1-7-13(17)9-11-15(3,19-5)21-16(4,20-6)12-10-14(18)8-2/h7-8,13-14,17-18H,1-2,9-12H2,3-6H3. The van der Waals surface area contributed by atoms with Crippen LogP contribution < -0.4 is 0 Å². The minimum Gasteiger partial charge on any atom is -0.389 e. The first kappa shape index (κ1) is 20.3. The van der Waals surface area contributed by atoms with Crippen LogP contribution in [-0.4, -0.2) is 48.2 Å². The molecule has 4 unspecified atom stereocenters. The average Bonchev–Trinajstić information content (AvgIpc) is 2.50. The summed E-state index contributed by atoms with van der Waals surface area (Å²) in [6, 6.07) is 0. The second-order valence-electron chi connectivity index (χ2n) is 5.46. The fourth-order valence-electron chi connectivity index (χ4n) is 1.90. The van der Waals surface area contributed by atoms with Crippen LogP contribution in [0.25, 0.3) is 0 Å². The van der Waals surface area contributed by atoms with Gasteiger partial charge in [0, 0.05) is 27.1 Å². The summed E-state index contributed by atoms with van der Waals surface area (Å²) in [5.74, 6) is -1.79. The van der Waals surface area contributed by atoms with Crippen LogP contribution in [0.3, 0.4) is 0 Å². The van der Waals surface area contributed by atoms with Crippen LogP contribution in [0.1, 0.15) is 39.5 Å². The molecule has 4 atom stereocenters. The molecule has 0 amide bonds. The van der Waals surface area contributed by atoms with E-state index in [9.17, 15) is 10.2 Å². The summed E-state index contributed by atoms with van der Waals surface area (Å²) in [6.45, 7) is 10.7. The Hall–Kier alpha value is -0.720. The van der Waals surface area contributed by atoms with E-state index in [-0.39, 0.29) is 0 Å². The van der Waals surface area contributed by atoms with Crippen LogP contribution in [0.2, 0.25) is 0 Å². The first-order chi connectivity index (χ1) is 9.74. The molecule has 5 heteroatoms. The fourth-order valence-corrected chi connectivity index (χ4v) is 1.90. The van der Waals surface area contributed by atoms with Crippen molar-refractivity contribution in [1.29, 1.82) is 0 Å². The van der Waals surface area contributed by atoms with Crippen LogP contribution in [0.5, 0.6) is 0 Å². The summed E-state index contributed by atoms with van der Waals surface area (Å²) >= 11 is 0. The van der Waals surface area contributed by atoms with Crippen LogP contribution in [-0.2, 0) is 14.2 Å². The quantitative estimate of drug-likeness (QED) is 0.428. The molecule has 2 N–H and O–H groups in total. The van der Waals surface area contributed by atoms with Gasteiger partial charge in [-0.05, 0) is 26.7 Å². The van der Waals surface area contributed by atoms with Crippen LogP contribution in [0.15, 0.2) is 25.3 Å². The molecule has 21 heavy (non-hydrogen) atoms. The lowest BCUT2D eigenvalue weighted by Crippen LogP contribution is -2.44. The number of aliphatic hydroxyl groups is 2. The van der Waals surface area contributed by atoms with Crippen molar-refractivity contribution < 1.29 is 24.4 Å². The van der Waals surface area contributed by atoms with Gasteiger partial charge < -0.3 is 24.4 Å². The molecule has 0 radical (unpaired) electrons. The molecule has 0 heterocycles. The zero-order valence-corrected chi connectivity index (χ0v) is 13.7. The molecule has 0 fully saturated rings. The summed E-state index contributed by atoms with van der Waals surface area (Å²) in [6.07, 6.45) is 3.68. The highest BCUT2D eigenvalue weighted by atomic mass is 16.8. The number of methoxy groups -OCH3 is 2. The topological polar surface area (TPSA) is 68.2 Å². The molecule has 0 aromatic rings. The van der Waals surface area contributed by atoms with E-state index in [1.54, 1.807) is 28.1 Å². The molecule has 0 aliphatic heterocycles. The van der Waals surface area contributed by atoms with Gasteiger partial charge in [-0.1, -0.05) is 12.2 Å². The first-order valence-corrected chi connectivity index (χ1v) is 7.16. The molecule has 0 bridgehead atoms. The molecule has 0 aliphatic rings. The maximum atomic E-state index is 9.58. The molecule has 0 spiro atoms. The minimum absolute atomic E-state index is 0.475. The van der Waals surface area contributed by atoms with Gasteiger partial charge in [-0.25, -0.2) is 0 Å². The van der Waals surface area contributed by atoms with Crippen LogP contribution >= 0.6 is 0 Å². The van der Waals surface area contributed by atoms with Crippen molar-refractivity contribution in [2.45, 2.75) is 63.3 Å². The van der Waals surface area contributed by atoms with E-state index in [1.165, 1.54) is 12.2 Å². The third-order valence-corrected chi connectivity index (χ3v) is 3.63. The van der Waals surface area contributed by atoms with E-state index < -0.39 is 23.8 Å². The monoisotopic (exact) mass is 302 g/mol. The van der Waals surface area contributed by atoms with Crippen molar-refractivity contribution in [3.63, 3.8) is 0 Å². The second kappa shape index (κ2) is 9.33. The highest BCUT2D eigenvalue weighted by molar-refractivity contribution is 4.82. The number of aliphatic hydroxyl groups excluding tert-OH is 2. The molecule has 0 rings (SSSR count). The molecular weight excluding hydrogens is 272 g/mol. The lowest BCUT2D eigenvalue weighted by atomic mass is 10.1. The number of rotatable bonds is 12. The average molecular weight is 302 g/mol. The van der Waals surface area contributed by atoms with Crippen LogP contribution in [0, 0.1) is 0 Å². The summed E-state index contributed by atoms with van der Waals surface area (Å²) in [5, 5.41) is 19.2. The fraction of sp³-hybridized carbons (Fsp3) is 0.750. The van der Waals surface area contributed by atoms with Crippen molar-refractivity contribution in [3.05, 3.63) is 25.3 Å². The Balaban J connectivity index is 4.69. The van der Waals surface area contributed by atoms with E-state index in [2.05, 4.69) is 13.2 Å². The number of hydrogen-bond acceptors (Lipinski definition) is 5. The highest BCUT2D eigenvalue weighted by Gasteiger charge is 2.36. The van der Waals surface area contributed by atoms with Gasteiger partial charge in [0.15, 0.2) is 11.6 Å². The molecule has 124 valence electrons. The molecular formula is C16H30O5. The predicted octanol–water partition coefficient (Wildman–Crippen LogP) is 2.38. The summed E-state index contributed by atoms with van der Waals surface area (Å²) < 4.78 is 16.8. The predicted molar refractivity (Wildman–Crippen MR) is 82.8 cm³/mol. The summed E-state index contributed by atoms with van der Waals surface area (Å²) in [4.78, 5) is 0. The summed E-state index contributed by atoms with van der Waals surface area (Å²) in [5.41, 5.74) is 0. The normalized spacial score (nSPS) is 20.1. The maximum Gasteiger partial charge on any atom is 0.168 e. The van der Waals surface area contributed by atoms with Crippen molar-refractivity contribution in [2.75, 3.05) is 14.2 Å². The van der Waals surface area contributed by atoms with E-state index >= 15 is 0 Å². The van der Waals surface area contributed by atoms with Crippen molar-refractivity contribution >= 4 is 0 Å². The maximum absolute atomic E-state index is 9.58. The SMILES string of the molecule is C=CC(O)CCC(C)(OC)OC(C)(CCC(O)C=C)OC. The second-order valence-corrected chi connectivity index (χ2v) is 5.46. The van der Waals surface area contributed by atoms with Crippen molar-refractivity contribution in [2.24, 2.45) is 0 Å². The van der Waals surface area contributed by atoms with Gasteiger partial charge in [0.1, 0.15) is 0 Å². The Labute approximate surface area is 128 Å². The van der Waals surface area contributed by atoms with Gasteiger partial charge in [0.2, 0.25) is 0 Å². The zero-order valence-electron chi connectivity index (χ0n) is 13.7. The highest BCUT2D eigenvalue weighted by Crippen LogP contribution is 2.30. The van der Waals surface area contributed by atoms with Gasteiger partial charge in [-0.15, -0.1) is 13.2 Å². The molecule has 0 aromatic heterocycles. The minimum atomic E-state index is -0.895. The Kier molecular flexibility index (Phi) is 9.01. The van der Waals surface area contributed by atoms with Crippen LogP contribution in [0.4, 0.5) is 0 Å². The smallest absolute Gasteiger partial charge is 0.168 e. The third kappa shape index (κ3) is 7.74. The Morgan fingerprint density at radius 2 is 1.24 bits per heavy atom. The van der Waals surface area contributed by atoms with E-state index in [0.717, 1.165) is 0 Å². The lowest BCUT2D eigenvalue weighted by molar-refractivity contribution is -0.340. The molecule has 0 saturated heterocycles. The van der Waals surface area contributed by atoms with Gasteiger partial charge in [-0.3, -0.25) is 0 Å². The molecule has 5 nitrogen and oxygen atoms in total. The van der Waals surface area contributed by atoms with Gasteiger partial charge in [-0.2, -0.15) is 0 Å². The molecule has 0 aliphatic carbocycles. The van der Waals surface area contributed by atoms with E-state index in [0.29, 0.717) is 25.7 Å².